The second-order valence-electron chi connectivity index (χ2n) is 11.2. The monoisotopic (exact) mass is 499 g/mol. The highest BCUT2D eigenvalue weighted by Crippen LogP contribution is 2.30. The van der Waals surface area contributed by atoms with Crippen LogP contribution in [0.4, 0.5) is 0 Å². The summed E-state index contributed by atoms with van der Waals surface area (Å²) in [6.45, 7) is 11.8. The fraction of sp³-hybridized carbons (Fsp3) is 0.433. The van der Waals surface area contributed by atoms with Crippen molar-refractivity contribution in [3.05, 3.63) is 76.5 Å². The highest BCUT2D eigenvalue weighted by Gasteiger charge is 2.30. The van der Waals surface area contributed by atoms with Crippen molar-refractivity contribution in [1.82, 2.24) is 24.6 Å². The highest BCUT2D eigenvalue weighted by atomic mass is 16.2. The Morgan fingerprint density at radius 2 is 1.84 bits per heavy atom. The molecule has 0 spiro atoms. The molecule has 3 aromatic heterocycles. The van der Waals surface area contributed by atoms with Gasteiger partial charge in [0.1, 0.15) is 0 Å². The molecule has 0 aromatic carbocycles. The van der Waals surface area contributed by atoms with Crippen LogP contribution >= 0.6 is 0 Å². The van der Waals surface area contributed by atoms with Gasteiger partial charge in [0.2, 0.25) is 5.91 Å². The molecular formula is C30H37N5O2. The number of rotatable bonds is 6. The van der Waals surface area contributed by atoms with Crippen molar-refractivity contribution >= 4 is 17.3 Å². The van der Waals surface area contributed by atoms with Crippen molar-refractivity contribution < 1.29 is 9.59 Å². The second-order valence-corrected chi connectivity index (χ2v) is 11.2. The molecule has 4 rings (SSSR count). The molecule has 0 saturated carbocycles. The van der Waals surface area contributed by atoms with E-state index >= 15 is 0 Å². The number of Topliss-reactive ketones (excluding diaryl/α,β-unsaturated/α-hetero) is 1. The molecule has 0 bridgehead atoms. The summed E-state index contributed by atoms with van der Waals surface area (Å²) >= 11 is 0. The maximum atomic E-state index is 13.2. The van der Waals surface area contributed by atoms with Gasteiger partial charge in [0, 0.05) is 37.3 Å². The minimum Gasteiger partial charge on any atom is -0.342 e. The first-order valence-electron chi connectivity index (χ1n) is 12.9. The van der Waals surface area contributed by atoms with E-state index in [1.165, 1.54) is 5.57 Å². The fourth-order valence-electron chi connectivity index (χ4n) is 4.81. The number of pyridine rings is 2. The van der Waals surface area contributed by atoms with Gasteiger partial charge in [-0.1, -0.05) is 32.9 Å². The first-order chi connectivity index (χ1) is 17.5. The molecule has 3 aromatic rings. The summed E-state index contributed by atoms with van der Waals surface area (Å²) in [5.41, 5.74) is 6.19. The summed E-state index contributed by atoms with van der Waals surface area (Å²) in [6.07, 6.45) is 10.4. The van der Waals surface area contributed by atoms with Crippen LogP contribution in [0.2, 0.25) is 0 Å². The summed E-state index contributed by atoms with van der Waals surface area (Å²) in [7, 11) is 1.91. The Balaban J connectivity index is 1.44. The van der Waals surface area contributed by atoms with Crippen LogP contribution in [0, 0.1) is 26.2 Å². The first-order valence-corrected chi connectivity index (χ1v) is 12.9. The number of carbonyl (C=O) groups is 2. The van der Waals surface area contributed by atoms with Crippen LogP contribution in [0.3, 0.4) is 0 Å². The van der Waals surface area contributed by atoms with Crippen LogP contribution in [0.25, 0.3) is 11.4 Å². The molecule has 0 aliphatic heterocycles. The van der Waals surface area contributed by atoms with Crippen LogP contribution in [-0.4, -0.2) is 49.4 Å². The number of hydrogen-bond donors (Lipinski definition) is 0. The number of ketones is 1. The Morgan fingerprint density at radius 1 is 1.08 bits per heavy atom. The van der Waals surface area contributed by atoms with Crippen LogP contribution in [-0.2, 0) is 11.2 Å². The molecule has 1 unspecified atom stereocenters. The number of aromatic nitrogens is 4. The molecule has 3 heterocycles. The summed E-state index contributed by atoms with van der Waals surface area (Å²) in [6, 6.07) is 6.17. The van der Waals surface area contributed by atoms with E-state index in [-0.39, 0.29) is 29.6 Å². The highest BCUT2D eigenvalue weighted by molar-refractivity contribution is 5.98. The van der Waals surface area contributed by atoms with Gasteiger partial charge in [0.15, 0.2) is 11.6 Å². The van der Waals surface area contributed by atoms with Crippen molar-refractivity contribution in [3.63, 3.8) is 0 Å². The molecule has 194 valence electrons. The summed E-state index contributed by atoms with van der Waals surface area (Å²) in [4.78, 5) is 36.8. The molecular weight excluding hydrogens is 462 g/mol. The van der Waals surface area contributed by atoms with Crippen molar-refractivity contribution in [3.8, 4) is 5.82 Å². The number of amides is 1. The normalized spacial score (nSPS) is 15.9. The molecule has 0 N–H and O–H groups in total. The van der Waals surface area contributed by atoms with Gasteiger partial charge < -0.3 is 4.90 Å². The molecule has 7 nitrogen and oxygen atoms in total. The number of aryl methyl sites for hydroxylation is 2. The minimum absolute atomic E-state index is 0.0137. The van der Waals surface area contributed by atoms with Gasteiger partial charge in [-0.15, -0.1) is 0 Å². The lowest BCUT2D eigenvalue weighted by molar-refractivity contribution is -0.140. The summed E-state index contributed by atoms with van der Waals surface area (Å²) < 4.78 is 1.70. The van der Waals surface area contributed by atoms with Crippen molar-refractivity contribution in [2.24, 2.45) is 5.41 Å². The molecule has 0 saturated heterocycles. The summed E-state index contributed by atoms with van der Waals surface area (Å²) in [5, 5.41) is 4.40. The van der Waals surface area contributed by atoms with E-state index in [4.69, 9.17) is 4.98 Å². The largest absolute Gasteiger partial charge is 0.342 e. The van der Waals surface area contributed by atoms with E-state index < -0.39 is 0 Å². The smallest absolute Gasteiger partial charge is 0.227 e. The second kappa shape index (κ2) is 10.4. The first kappa shape index (κ1) is 26.5. The Morgan fingerprint density at radius 3 is 2.43 bits per heavy atom. The van der Waals surface area contributed by atoms with E-state index in [2.05, 4.69) is 22.2 Å². The molecule has 7 heteroatoms. The standard InChI is InChI=1S/C30H37N5O2/c1-19-8-13-28(32-16-19)35-21(3)25(18-33-35)27(36)15-23-17-31-26(14-20(23)2)22-9-11-24(12-10-22)34(7)29(37)30(4,5)6/h8-9,13-14,16-18,24H,10-12,15H2,1-7H3. The SMILES string of the molecule is Cc1ccc(-n2ncc(C(=O)Cc3cnc(C4=CCC(N(C)C(=O)C(C)(C)C)CC4)cc3C)c2C)nc1. The fourth-order valence-corrected chi connectivity index (χ4v) is 4.81. The lowest BCUT2D eigenvalue weighted by atomic mass is 9.89. The average molecular weight is 500 g/mol. The van der Waals surface area contributed by atoms with Crippen LogP contribution in [0.15, 0.2) is 42.9 Å². The molecule has 1 aliphatic rings. The number of carbonyl (C=O) groups excluding carboxylic acids is 2. The predicted molar refractivity (Wildman–Crippen MR) is 146 cm³/mol. The van der Waals surface area contributed by atoms with Crippen LogP contribution in [0.5, 0.6) is 0 Å². The lowest BCUT2D eigenvalue weighted by Crippen LogP contribution is -2.43. The van der Waals surface area contributed by atoms with Crippen LogP contribution < -0.4 is 0 Å². The zero-order valence-corrected chi connectivity index (χ0v) is 23.0. The van der Waals surface area contributed by atoms with Crippen molar-refractivity contribution in [1.29, 1.82) is 0 Å². The maximum Gasteiger partial charge on any atom is 0.227 e. The zero-order chi connectivity index (χ0) is 26.9. The molecule has 1 atom stereocenters. The van der Waals surface area contributed by atoms with Gasteiger partial charge in [-0.05, 0) is 74.4 Å². The van der Waals surface area contributed by atoms with E-state index in [0.29, 0.717) is 11.4 Å². The van der Waals surface area contributed by atoms with Crippen molar-refractivity contribution in [2.75, 3.05) is 7.05 Å². The number of nitrogens with zero attached hydrogens (tertiary/aromatic N) is 5. The third kappa shape index (κ3) is 5.71. The number of allylic oxidation sites excluding steroid dienone is 1. The molecule has 0 radical (unpaired) electrons. The van der Waals surface area contributed by atoms with Gasteiger partial charge in [-0.25, -0.2) is 9.67 Å². The Kier molecular flexibility index (Phi) is 7.44. The van der Waals surface area contributed by atoms with Gasteiger partial charge >= 0.3 is 0 Å². The number of hydrogen-bond acceptors (Lipinski definition) is 5. The third-order valence-electron chi connectivity index (χ3n) is 7.22. The molecule has 0 fully saturated rings. The quantitative estimate of drug-likeness (QED) is 0.421. The van der Waals surface area contributed by atoms with Gasteiger partial charge in [0.05, 0.1) is 23.1 Å². The maximum absolute atomic E-state index is 13.2. The summed E-state index contributed by atoms with van der Waals surface area (Å²) in [5.74, 6) is 0.884. The predicted octanol–water partition coefficient (Wildman–Crippen LogP) is 5.45. The lowest BCUT2D eigenvalue weighted by Gasteiger charge is -2.34. The topological polar surface area (TPSA) is 81.0 Å². The minimum atomic E-state index is -0.376. The van der Waals surface area contributed by atoms with Crippen molar-refractivity contribution in [2.45, 2.75) is 73.3 Å². The zero-order valence-electron chi connectivity index (χ0n) is 23.0. The van der Waals surface area contributed by atoms with Gasteiger partial charge in [-0.2, -0.15) is 5.10 Å². The average Bonchev–Trinajstić information content (AvgIpc) is 3.25. The van der Waals surface area contributed by atoms with E-state index in [0.717, 1.165) is 47.3 Å². The Labute approximate surface area is 219 Å². The van der Waals surface area contributed by atoms with Gasteiger partial charge in [0.25, 0.3) is 0 Å². The molecule has 1 aliphatic carbocycles. The third-order valence-corrected chi connectivity index (χ3v) is 7.22. The van der Waals surface area contributed by atoms with Gasteiger partial charge in [-0.3, -0.25) is 14.6 Å². The van der Waals surface area contributed by atoms with E-state index in [1.54, 1.807) is 17.1 Å². The Bertz CT molecular complexity index is 1350. The molecule has 37 heavy (non-hydrogen) atoms. The van der Waals surface area contributed by atoms with E-state index in [9.17, 15) is 9.59 Å². The Hall–Kier alpha value is -3.61. The van der Waals surface area contributed by atoms with E-state index in [1.807, 2.05) is 71.8 Å². The van der Waals surface area contributed by atoms with Crippen LogP contribution in [0.1, 0.15) is 78.5 Å². The molecule has 1 amide bonds.